The standard InChI is InChI=1S/C11H14F3N3O/c1-7-5-17(6-8(2)18-7)10-15-4-3-9(16-10)11(12,13)14/h3-4,7-8H,5-6H2,1-2H3/t7-,8+. The molecule has 100 valence electrons. The molecule has 0 radical (unpaired) electrons. The molecule has 1 saturated heterocycles. The fourth-order valence-corrected chi connectivity index (χ4v) is 2.00. The van der Waals surface area contributed by atoms with Crippen LogP contribution in [0.15, 0.2) is 12.3 Å². The van der Waals surface area contributed by atoms with Gasteiger partial charge in [-0.05, 0) is 19.9 Å². The second-order valence-electron chi connectivity index (χ2n) is 4.40. The van der Waals surface area contributed by atoms with Crippen LogP contribution in [-0.4, -0.2) is 35.3 Å². The Kier molecular flexibility index (Phi) is 3.43. The molecule has 1 aliphatic rings. The normalized spacial score (nSPS) is 25.3. The van der Waals surface area contributed by atoms with Gasteiger partial charge in [-0.3, -0.25) is 0 Å². The number of halogens is 3. The predicted octanol–water partition coefficient (Wildman–Crippen LogP) is 2.11. The number of nitrogens with zero attached hydrogens (tertiary/aromatic N) is 3. The summed E-state index contributed by atoms with van der Waals surface area (Å²) >= 11 is 0. The summed E-state index contributed by atoms with van der Waals surface area (Å²) in [6.07, 6.45) is -3.41. The molecule has 7 heteroatoms. The van der Waals surface area contributed by atoms with Gasteiger partial charge in [-0.15, -0.1) is 0 Å². The molecule has 2 heterocycles. The van der Waals surface area contributed by atoms with Crippen molar-refractivity contribution in [3.63, 3.8) is 0 Å². The Morgan fingerprint density at radius 2 is 1.89 bits per heavy atom. The van der Waals surface area contributed by atoms with E-state index in [2.05, 4.69) is 9.97 Å². The summed E-state index contributed by atoms with van der Waals surface area (Å²) in [6.45, 7) is 4.73. The maximum absolute atomic E-state index is 12.6. The fourth-order valence-electron chi connectivity index (χ4n) is 2.00. The van der Waals surface area contributed by atoms with Crippen molar-refractivity contribution in [1.82, 2.24) is 9.97 Å². The van der Waals surface area contributed by atoms with Crippen LogP contribution >= 0.6 is 0 Å². The Balaban J connectivity index is 2.23. The molecule has 0 N–H and O–H groups in total. The van der Waals surface area contributed by atoms with Gasteiger partial charge in [0.15, 0.2) is 0 Å². The molecular weight excluding hydrogens is 247 g/mol. The summed E-state index contributed by atoms with van der Waals surface area (Å²) in [5, 5.41) is 0. The van der Waals surface area contributed by atoms with Gasteiger partial charge >= 0.3 is 6.18 Å². The molecule has 2 rings (SSSR count). The zero-order valence-corrected chi connectivity index (χ0v) is 10.1. The van der Waals surface area contributed by atoms with Crippen LogP contribution in [0.4, 0.5) is 19.1 Å². The number of rotatable bonds is 1. The third kappa shape index (κ3) is 2.90. The highest BCUT2D eigenvalue weighted by Gasteiger charge is 2.34. The summed E-state index contributed by atoms with van der Waals surface area (Å²) < 4.78 is 43.2. The van der Waals surface area contributed by atoms with Crippen LogP contribution in [0, 0.1) is 0 Å². The van der Waals surface area contributed by atoms with Crippen LogP contribution in [0.25, 0.3) is 0 Å². The van der Waals surface area contributed by atoms with Crippen molar-refractivity contribution < 1.29 is 17.9 Å². The first-order chi connectivity index (χ1) is 8.36. The van der Waals surface area contributed by atoms with Gasteiger partial charge in [0.2, 0.25) is 5.95 Å². The summed E-state index contributed by atoms with van der Waals surface area (Å²) in [7, 11) is 0. The fraction of sp³-hybridized carbons (Fsp3) is 0.636. The maximum atomic E-state index is 12.6. The highest BCUT2D eigenvalue weighted by Crippen LogP contribution is 2.28. The molecule has 0 amide bonds. The van der Waals surface area contributed by atoms with Gasteiger partial charge in [-0.25, -0.2) is 9.97 Å². The van der Waals surface area contributed by atoms with Crippen molar-refractivity contribution in [2.45, 2.75) is 32.2 Å². The third-order valence-electron chi connectivity index (χ3n) is 2.64. The first-order valence-corrected chi connectivity index (χ1v) is 5.67. The second kappa shape index (κ2) is 4.72. The Hall–Kier alpha value is -1.37. The number of anilines is 1. The van der Waals surface area contributed by atoms with Crippen molar-refractivity contribution in [1.29, 1.82) is 0 Å². The number of ether oxygens (including phenoxy) is 1. The predicted molar refractivity (Wildman–Crippen MR) is 59.3 cm³/mol. The highest BCUT2D eigenvalue weighted by atomic mass is 19.4. The first kappa shape index (κ1) is 13.1. The van der Waals surface area contributed by atoms with E-state index in [1.165, 1.54) is 0 Å². The molecule has 4 nitrogen and oxygen atoms in total. The number of hydrogen-bond donors (Lipinski definition) is 0. The zero-order valence-electron chi connectivity index (χ0n) is 10.1. The minimum absolute atomic E-state index is 0.0492. The Morgan fingerprint density at radius 1 is 1.28 bits per heavy atom. The molecule has 0 unspecified atom stereocenters. The van der Waals surface area contributed by atoms with Crippen molar-refractivity contribution >= 4 is 5.95 Å². The quantitative estimate of drug-likeness (QED) is 0.776. The average molecular weight is 261 g/mol. The molecule has 2 atom stereocenters. The van der Waals surface area contributed by atoms with Gasteiger partial charge in [0.1, 0.15) is 5.69 Å². The van der Waals surface area contributed by atoms with Crippen LogP contribution in [-0.2, 0) is 10.9 Å². The molecule has 18 heavy (non-hydrogen) atoms. The minimum Gasteiger partial charge on any atom is -0.372 e. The lowest BCUT2D eigenvalue weighted by atomic mass is 10.2. The van der Waals surface area contributed by atoms with Gasteiger partial charge in [-0.1, -0.05) is 0 Å². The van der Waals surface area contributed by atoms with Gasteiger partial charge in [0, 0.05) is 19.3 Å². The summed E-state index contributed by atoms with van der Waals surface area (Å²) in [5.74, 6) is 0.104. The number of alkyl halides is 3. The summed E-state index contributed by atoms with van der Waals surface area (Å²) in [4.78, 5) is 9.19. The van der Waals surface area contributed by atoms with E-state index in [1.54, 1.807) is 4.90 Å². The van der Waals surface area contributed by atoms with Crippen molar-refractivity contribution in [3.05, 3.63) is 18.0 Å². The van der Waals surface area contributed by atoms with E-state index in [4.69, 9.17) is 4.74 Å². The van der Waals surface area contributed by atoms with E-state index in [0.717, 1.165) is 12.3 Å². The van der Waals surface area contributed by atoms with Gasteiger partial charge < -0.3 is 9.64 Å². The molecular formula is C11H14F3N3O. The highest BCUT2D eigenvalue weighted by molar-refractivity contribution is 5.32. The van der Waals surface area contributed by atoms with E-state index >= 15 is 0 Å². The van der Waals surface area contributed by atoms with Crippen LogP contribution < -0.4 is 4.90 Å². The Labute approximate surface area is 103 Å². The second-order valence-corrected chi connectivity index (χ2v) is 4.40. The van der Waals surface area contributed by atoms with Crippen molar-refractivity contribution in [2.24, 2.45) is 0 Å². The summed E-state index contributed by atoms with van der Waals surface area (Å²) in [5.41, 5.74) is -0.917. The van der Waals surface area contributed by atoms with Crippen LogP contribution in [0.5, 0.6) is 0 Å². The van der Waals surface area contributed by atoms with E-state index < -0.39 is 11.9 Å². The molecule has 0 spiro atoms. The monoisotopic (exact) mass is 261 g/mol. The zero-order chi connectivity index (χ0) is 13.3. The number of aromatic nitrogens is 2. The minimum atomic E-state index is -4.44. The number of hydrogen-bond acceptors (Lipinski definition) is 4. The van der Waals surface area contributed by atoms with Crippen molar-refractivity contribution in [3.8, 4) is 0 Å². The smallest absolute Gasteiger partial charge is 0.372 e. The molecule has 0 bridgehead atoms. The Bertz CT molecular complexity index is 414. The average Bonchev–Trinajstić information content (AvgIpc) is 2.27. The lowest BCUT2D eigenvalue weighted by Crippen LogP contribution is -2.46. The van der Waals surface area contributed by atoms with Gasteiger partial charge in [-0.2, -0.15) is 13.2 Å². The van der Waals surface area contributed by atoms with E-state index in [9.17, 15) is 13.2 Å². The SMILES string of the molecule is C[C@@H]1CN(c2nccc(C(F)(F)F)n2)C[C@H](C)O1. The van der Waals surface area contributed by atoms with E-state index in [0.29, 0.717) is 13.1 Å². The lowest BCUT2D eigenvalue weighted by Gasteiger charge is -2.35. The largest absolute Gasteiger partial charge is 0.433 e. The van der Waals surface area contributed by atoms with Gasteiger partial charge in [0.25, 0.3) is 0 Å². The van der Waals surface area contributed by atoms with Crippen LogP contribution in [0.1, 0.15) is 19.5 Å². The molecule has 0 saturated carbocycles. The molecule has 1 aliphatic heterocycles. The van der Waals surface area contributed by atoms with E-state index in [-0.39, 0.29) is 18.2 Å². The molecule has 1 aromatic rings. The molecule has 1 aromatic heterocycles. The first-order valence-electron chi connectivity index (χ1n) is 5.67. The molecule has 1 fully saturated rings. The maximum Gasteiger partial charge on any atom is 0.433 e. The summed E-state index contributed by atoms with van der Waals surface area (Å²) in [6, 6.07) is 0.872. The molecule has 0 aliphatic carbocycles. The number of morpholine rings is 1. The van der Waals surface area contributed by atoms with Gasteiger partial charge in [0.05, 0.1) is 12.2 Å². The van der Waals surface area contributed by atoms with E-state index in [1.807, 2.05) is 13.8 Å². The van der Waals surface area contributed by atoms with Crippen molar-refractivity contribution in [2.75, 3.05) is 18.0 Å². The Morgan fingerprint density at radius 3 is 2.44 bits per heavy atom. The molecule has 0 aromatic carbocycles. The van der Waals surface area contributed by atoms with Crippen LogP contribution in [0.2, 0.25) is 0 Å². The van der Waals surface area contributed by atoms with Crippen LogP contribution in [0.3, 0.4) is 0 Å². The lowest BCUT2D eigenvalue weighted by molar-refractivity contribution is -0.141. The third-order valence-corrected chi connectivity index (χ3v) is 2.64. The topological polar surface area (TPSA) is 38.2 Å².